The Balaban J connectivity index is 1.61. The van der Waals surface area contributed by atoms with E-state index < -0.39 is 5.97 Å². The molecule has 1 aliphatic rings. The van der Waals surface area contributed by atoms with Crippen LogP contribution in [0.2, 0.25) is 0 Å². The molecule has 1 aromatic carbocycles. The van der Waals surface area contributed by atoms with Gasteiger partial charge in [0.05, 0.1) is 12.2 Å². The molecule has 19 heavy (non-hydrogen) atoms. The van der Waals surface area contributed by atoms with Crippen LogP contribution in [0.15, 0.2) is 24.3 Å². The number of carbonyl (C=O) groups is 1. The Labute approximate surface area is 112 Å². The quantitative estimate of drug-likeness (QED) is 0.729. The molecule has 5 nitrogen and oxygen atoms in total. The van der Waals surface area contributed by atoms with E-state index in [1.165, 1.54) is 0 Å². The minimum absolute atomic E-state index is 0.270. The summed E-state index contributed by atoms with van der Waals surface area (Å²) in [6.45, 7) is 4.03. The van der Waals surface area contributed by atoms with E-state index in [1.54, 1.807) is 24.3 Å². The summed E-state index contributed by atoms with van der Waals surface area (Å²) in [5.74, 6) is 0.387. The molecule has 0 aromatic heterocycles. The van der Waals surface area contributed by atoms with E-state index in [-0.39, 0.29) is 5.56 Å². The molecule has 1 unspecified atom stereocenters. The first kappa shape index (κ1) is 13.8. The minimum atomic E-state index is -0.924. The van der Waals surface area contributed by atoms with E-state index >= 15 is 0 Å². The molecule has 2 rings (SSSR count). The third kappa shape index (κ3) is 4.54. The highest BCUT2D eigenvalue weighted by atomic mass is 16.5. The Morgan fingerprint density at radius 3 is 2.84 bits per heavy atom. The Bertz CT molecular complexity index is 398. The van der Waals surface area contributed by atoms with Crippen molar-refractivity contribution in [2.24, 2.45) is 5.92 Å². The number of aromatic carboxylic acids is 1. The average Bonchev–Trinajstić information content (AvgIpc) is 2.92. The maximum Gasteiger partial charge on any atom is 0.335 e. The summed E-state index contributed by atoms with van der Waals surface area (Å²) >= 11 is 0. The SMILES string of the molecule is O=C(O)c1ccc(OCCNCC2CCOC2)cc1. The lowest BCUT2D eigenvalue weighted by Gasteiger charge is -2.10. The van der Waals surface area contributed by atoms with E-state index in [0.717, 1.165) is 32.7 Å². The normalized spacial score (nSPS) is 18.4. The van der Waals surface area contributed by atoms with Crippen LogP contribution in [-0.2, 0) is 4.74 Å². The highest BCUT2D eigenvalue weighted by Crippen LogP contribution is 2.12. The molecule has 0 aliphatic carbocycles. The van der Waals surface area contributed by atoms with Gasteiger partial charge < -0.3 is 19.9 Å². The van der Waals surface area contributed by atoms with E-state index in [9.17, 15) is 4.79 Å². The Morgan fingerprint density at radius 2 is 2.21 bits per heavy atom. The summed E-state index contributed by atoms with van der Waals surface area (Å²) in [5.41, 5.74) is 0.270. The van der Waals surface area contributed by atoms with Crippen molar-refractivity contribution < 1.29 is 19.4 Å². The van der Waals surface area contributed by atoms with Crippen molar-refractivity contribution >= 4 is 5.97 Å². The van der Waals surface area contributed by atoms with Crippen molar-refractivity contribution in [1.29, 1.82) is 0 Å². The largest absolute Gasteiger partial charge is 0.492 e. The third-order valence-corrected chi connectivity index (χ3v) is 3.11. The fourth-order valence-electron chi connectivity index (χ4n) is 1.99. The Morgan fingerprint density at radius 1 is 1.42 bits per heavy atom. The molecule has 104 valence electrons. The van der Waals surface area contributed by atoms with Gasteiger partial charge in [-0.1, -0.05) is 0 Å². The van der Waals surface area contributed by atoms with Gasteiger partial charge in [-0.2, -0.15) is 0 Å². The van der Waals surface area contributed by atoms with Gasteiger partial charge in [0.2, 0.25) is 0 Å². The number of hydrogen-bond donors (Lipinski definition) is 2. The monoisotopic (exact) mass is 265 g/mol. The van der Waals surface area contributed by atoms with Crippen molar-refractivity contribution in [2.75, 3.05) is 32.9 Å². The summed E-state index contributed by atoms with van der Waals surface area (Å²) in [4.78, 5) is 10.7. The third-order valence-electron chi connectivity index (χ3n) is 3.11. The number of nitrogens with one attached hydrogen (secondary N) is 1. The molecule has 0 saturated carbocycles. The lowest BCUT2D eigenvalue weighted by Crippen LogP contribution is -2.27. The molecule has 5 heteroatoms. The zero-order valence-corrected chi connectivity index (χ0v) is 10.8. The maximum absolute atomic E-state index is 10.7. The van der Waals surface area contributed by atoms with Crippen LogP contribution >= 0.6 is 0 Å². The molecule has 0 bridgehead atoms. The molecule has 1 fully saturated rings. The van der Waals surface area contributed by atoms with Crippen LogP contribution in [0.4, 0.5) is 0 Å². The van der Waals surface area contributed by atoms with Crippen molar-refractivity contribution in [2.45, 2.75) is 6.42 Å². The summed E-state index contributed by atoms with van der Waals surface area (Å²) < 4.78 is 10.8. The fourth-order valence-corrected chi connectivity index (χ4v) is 1.99. The van der Waals surface area contributed by atoms with E-state index in [2.05, 4.69) is 5.32 Å². The van der Waals surface area contributed by atoms with Gasteiger partial charge in [-0.25, -0.2) is 4.79 Å². The zero-order chi connectivity index (χ0) is 13.5. The molecule has 1 heterocycles. The molecular weight excluding hydrogens is 246 g/mol. The topological polar surface area (TPSA) is 67.8 Å². The maximum atomic E-state index is 10.7. The lowest BCUT2D eigenvalue weighted by molar-refractivity contribution is 0.0697. The second-order valence-electron chi connectivity index (χ2n) is 4.61. The minimum Gasteiger partial charge on any atom is -0.492 e. The summed E-state index contributed by atoms with van der Waals surface area (Å²) in [5, 5.41) is 12.1. The van der Waals surface area contributed by atoms with Crippen LogP contribution in [0.3, 0.4) is 0 Å². The smallest absolute Gasteiger partial charge is 0.335 e. The average molecular weight is 265 g/mol. The summed E-state index contributed by atoms with van der Waals surface area (Å²) in [7, 11) is 0. The first-order valence-electron chi connectivity index (χ1n) is 6.50. The predicted molar refractivity (Wildman–Crippen MR) is 70.7 cm³/mol. The van der Waals surface area contributed by atoms with Crippen molar-refractivity contribution in [1.82, 2.24) is 5.32 Å². The van der Waals surface area contributed by atoms with Crippen molar-refractivity contribution in [3.63, 3.8) is 0 Å². The van der Waals surface area contributed by atoms with Crippen LogP contribution < -0.4 is 10.1 Å². The molecule has 1 aromatic rings. The summed E-state index contributed by atoms with van der Waals surface area (Å²) in [6.07, 6.45) is 1.13. The standard InChI is InChI=1S/C14H19NO4/c16-14(17)12-1-3-13(4-2-12)19-8-6-15-9-11-5-7-18-10-11/h1-4,11,15H,5-10H2,(H,16,17). The van der Waals surface area contributed by atoms with Crippen LogP contribution in [-0.4, -0.2) is 44.0 Å². The zero-order valence-electron chi connectivity index (χ0n) is 10.8. The first-order chi connectivity index (χ1) is 9.25. The number of rotatable bonds is 7. The molecule has 1 aliphatic heterocycles. The number of benzene rings is 1. The predicted octanol–water partition coefficient (Wildman–Crippen LogP) is 1.39. The molecule has 0 spiro atoms. The van der Waals surface area contributed by atoms with Crippen LogP contribution in [0.25, 0.3) is 0 Å². The van der Waals surface area contributed by atoms with Gasteiger partial charge in [-0.3, -0.25) is 0 Å². The van der Waals surface area contributed by atoms with Gasteiger partial charge >= 0.3 is 5.97 Å². The van der Waals surface area contributed by atoms with Gasteiger partial charge in [0, 0.05) is 19.7 Å². The molecular formula is C14H19NO4. The first-order valence-corrected chi connectivity index (χ1v) is 6.50. The Kier molecular flexibility index (Phi) is 5.18. The summed E-state index contributed by atoms with van der Waals surface area (Å²) in [6, 6.07) is 6.43. The second-order valence-corrected chi connectivity index (χ2v) is 4.61. The van der Waals surface area contributed by atoms with E-state index in [0.29, 0.717) is 18.3 Å². The fraction of sp³-hybridized carbons (Fsp3) is 0.500. The van der Waals surface area contributed by atoms with Gasteiger partial charge in [0.1, 0.15) is 12.4 Å². The number of carboxylic acids is 1. The highest BCUT2D eigenvalue weighted by molar-refractivity contribution is 5.87. The molecule has 0 radical (unpaired) electrons. The van der Waals surface area contributed by atoms with Gasteiger partial charge in [-0.05, 0) is 36.6 Å². The highest BCUT2D eigenvalue weighted by Gasteiger charge is 2.14. The lowest BCUT2D eigenvalue weighted by atomic mass is 10.1. The van der Waals surface area contributed by atoms with Gasteiger partial charge in [-0.15, -0.1) is 0 Å². The van der Waals surface area contributed by atoms with Gasteiger partial charge in [0.25, 0.3) is 0 Å². The van der Waals surface area contributed by atoms with E-state index in [1.807, 2.05) is 0 Å². The number of carboxylic acid groups (broad SMARTS) is 1. The molecule has 2 N–H and O–H groups in total. The number of ether oxygens (including phenoxy) is 2. The van der Waals surface area contributed by atoms with Crippen LogP contribution in [0.5, 0.6) is 5.75 Å². The molecule has 1 atom stereocenters. The van der Waals surface area contributed by atoms with E-state index in [4.69, 9.17) is 14.6 Å². The van der Waals surface area contributed by atoms with Crippen molar-refractivity contribution in [3.05, 3.63) is 29.8 Å². The van der Waals surface area contributed by atoms with Crippen LogP contribution in [0.1, 0.15) is 16.8 Å². The molecule has 0 amide bonds. The van der Waals surface area contributed by atoms with Crippen LogP contribution in [0, 0.1) is 5.92 Å². The molecule has 1 saturated heterocycles. The Hall–Kier alpha value is -1.59. The van der Waals surface area contributed by atoms with Crippen molar-refractivity contribution in [3.8, 4) is 5.75 Å². The van der Waals surface area contributed by atoms with Gasteiger partial charge in [0.15, 0.2) is 0 Å². The second kappa shape index (κ2) is 7.11. The number of hydrogen-bond acceptors (Lipinski definition) is 4.